The zero-order chi connectivity index (χ0) is 21.7. The lowest BCUT2D eigenvalue weighted by Gasteiger charge is -2.36. The largest absolute Gasteiger partial charge is 0.495 e. The first-order valence-corrected chi connectivity index (χ1v) is 11.1. The molecule has 2 aromatic rings. The van der Waals surface area contributed by atoms with Crippen LogP contribution >= 0.6 is 11.6 Å². The van der Waals surface area contributed by atoms with Crippen molar-refractivity contribution >= 4 is 33.3 Å². The average molecular weight is 455 g/mol. The Morgan fingerprint density at radius 2 is 1.73 bits per heavy atom. The number of carbonyl (C=O) groups is 1. The monoisotopic (exact) mass is 454 g/mol. The van der Waals surface area contributed by atoms with Crippen molar-refractivity contribution in [3.05, 3.63) is 47.5 Å². The lowest BCUT2D eigenvalue weighted by atomic mass is 10.2. The van der Waals surface area contributed by atoms with Crippen molar-refractivity contribution in [2.24, 2.45) is 0 Å². The van der Waals surface area contributed by atoms with E-state index in [2.05, 4.69) is 9.64 Å². The van der Waals surface area contributed by atoms with E-state index in [0.717, 1.165) is 11.4 Å². The second kappa shape index (κ2) is 9.55. The van der Waals surface area contributed by atoms with Gasteiger partial charge in [0.05, 0.1) is 29.8 Å². The van der Waals surface area contributed by atoms with Crippen molar-refractivity contribution < 1.29 is 27.4 Å². The molecule has 0 amide bonds. The van der Waals surface area contributed by atoms with Crippen molar-refractivity contribution in [1.29, 1.82) is 0 Å². The standard InChI is InChI=1S/C20H23ClN2O6S/c1-27-19-6-4-3-5-17(19)22-9-11-23(12-10-22)30(25,26)15-7-8-18(16(21)13-15)29-14-20(24)28-2/h3-8,13H,9-12,14H2,1-2H3. The van der Waals surface area contributed by atoms with E-state index < -0.39 is 16.0 Å². The SMILES string of the molecule is COC(=O)COc1ccc(S(=O)(=O)N2CCN(c3ccccc3OC)CC2)cc1Cl. The molecule has 0 N–H and O–H groups in total. The second-order valence-corrected chi connectivity index (χ2v) is 8.87. The number of sulfonamides is 1. The summed E-state index contributed by atoms with van der Waals surface area (Å²) in [4.78, 5) is 13.4. The summed E-state index contributed by atoms with van der Waals surface area (Å²) in [6.45, 7) is 1.42. The highest BCUT2D eigenvalue weighted by Crippen LogP contribution is 2.31. The summed E-state index contributed by atoms with van der Waals surface area (Å²) in [6, 6.07) is 11.8. The van der Waals surface area contributed by atoms with Gasteiger partial charge in [0.2, 0.25) is 10.0 Å². The van der Waals surface area contributed by atoms with Gasteiger partial charge in [-0.1, -0.05) is 23.7 Å². The number of para-hydroxylation sites is 2. The van der Waals surface area contributed by atoms with Crippen LogP contribution in [0.3, 0.4) is 0 Å². The molecule has 0 saturated carbocycles. The normalized spacial score (nSPS) is 15.0. The van der Waals surface area contributed by atoms with Gasteiger partial charge >= 0.3 is 5.97 Å². The van der Waals surface area contributed by atoms with Crippen LogP contribution in [0.15, 0.2) is 47.4 Å². The number of anilines is 1. The van der Waals surface area contributed by atoms with Gasteiger partial charge in [-0.15, -0.1) is 0 Å². The summed E-state index contributed by atoms with van der Waals surface area (Å²) in [7, 11) is -0.855. The number of piperazine rings is 1. The Balaban J connectivity index is 1.69. The molecule has 162 valence electrons. The van der Waals surface area contributed by atoms with Gasteiger partial charge in [-0.3, -0.25) is 0 Å². The topological polar surface area (TPSA) is 85.4 Å². The number of esters is 1. The van der Waals surface area contributed by atoms with Gasteiger partial charge < -0.3 is 19.1 Å². The van der Waals surface area contributed by atoms with Crippen molar-refractivity contribution in [2.75, 3.05) is 51.9 Å². The van der Waals surface area contributed by atoms with Crippen molar-refractivity contribution in [3.8, 4) is 11.5 Å². The van der Waals surface area contributed by atoms with Gasteiger partial charge in [0.15, 0.2) is 6.61 Å². The van der Waals surface area contributed by atoms with Crippen LogP contribution in [-0.2, 0) is 19.6 Å². The highest BCUT2D eigenvalue weighted by atomic mass is 35.5. The van der Waals surface area contributed by atoms with E-state index >= 15 is 0 Å². The quantitative estimate of drug-likeness (QED) is 0.594. The minimum absolute atomic E-state index is 0.0728. The first kappa shape index (κ1) is 22.2. The molecular weight excluding hydrogens is 432 g/mol. The summed E-state index contributed by atoms with van der Waals surface area (Å²) < 4.78 is 42.7. The molecule has 1 heterocycles. The summed E-state index contributed by atoms with van der Waals surface area (Å²) in [5.41, 5.74) is 0.937. The van der Waals surface area contributed by atoms with E-state index in [0.29, 0.717) is 26.2 Å². The first-order chi connectivity index (χ1) is 14.4. The maximum Gasteiger partial charge on any atom is 0.343 e. The number of hydrogen-bond acceptors (Lipinski definition) is 7. The van der Waals surface area contributed by atoms with Crippen molar-refractivity contribution in [2.45, 2.75) is 4.90 Å². The number of halogens is 1. The lowest BCUT2D eigenvalue weighted by Crippen LogP contribution is -2.48. The molecule has 1 fully saturated rings. The van der Waals surface area contributed by atoms with Gasteiger partial charge in [-0.2, -0.15) is 4.31 Å². The minimum atomic E-state index is -3.71. The van der Waals surface area contributed by atoms with Crippen LogP contribution in [0.5, 0.6) is 11.5 Å². The van der Waals surface area contributed by atoms with E-state index in [4.69, 9.17) is 21.1 Å². The predicted molar refractivity (Wildman–Crippen MR) is 113 cm³/mol. The Hall–Kier alpha value is -2.49. The highest BCUT2D eigenvalue weighted by Gasteiger charge is 2.30. The molecule has 0 radical (unpaired) electrons. The molecule has 0 atom stereocenters. The van der Waals surface area contributed by atoms with E-state index in [1.807, 2.05) is 24.3 Å². The molecule has 2 aromatic carbocycles. The average Bonchev–Trinajstić information content (AvgIpc) is 2.78. The number of rotatable bonds is 7. The molecule has 1 aliphatic heterocycles. The Morgan fingerprint density at radius 3 is 2.37 bits per heavy atom. The molecule has 30 heavy (non-hydrogen) atoms. The number of hydrogen-bond donors (Lipinski definition) is 0. The molecule has 0 aromatic heterocycles. The van der Waals surface area contributed by atoms with Crippen LogP contribution in [0, 0.1) is 0 Å². The number of carbonyl (C=O) groups excluding carboxylic acids is 1. The molecular formula is C20H23ClN2O6S. The highest BCUT2D eigenvalue weighted by molar-refractivity contribution is 7.89. The van der Waals surface area contributed by atoms with E-state index in [9.17, 15) is 13.2 Å². The van der Waals surface area contributed by atoms with Crippen LogP contribution in [0.25, 0.3) is 0 Å². The third kappa shape index (κ3) is 4.80. The molecule has 8 nitrogen and oxygen atoms in total. The third-order valence-electron chi connectivity index (χ3n) is 4.78. The molecule has 0 unspecified atom stereocenters. The summed E-state index contributed by atoms with van der Waals surface area (Å²) in [5.74, 6) is 0.404. The Bertz CT molecular complexity index is 1010. The third-order valence-corrected chi connectivity index (χ3v) is 6.97. The Morgan fingerprint density at radius 1 is 1.03 bits per heavy atom. The molecule has 0 spiro atoms. The fourth-order valence-corrected chi connectivity index (χ4v) is 4.91. The lowest BCUT2D eigenvalue weighted by molar-refractivity contribution is -0.142. The Kier molecular flexibility index (Phi) is 7.06. The first-order valence-electron chi connectivity index (χ1n) is 9.24. The van der Waals surface area contributed by atoms with Gasteiger partial charge in [-0.25, -0.2) is 13.2 Å². The fourth-order valence-electron chi connectivity index (χ4n) is 3.16. The second-order valence-electron chi connectivity index (χ2n) is 6.52. The van der Waals surface area contributed by atoms with Crippen LogP contribution in [0.4, 0.5) is 5.69 Å². The minimum Gasteiger partial charge on any atom is -0.495 e. The van der Waals surface area contributed by atoms with E-state index in [-0.39, 0.29) is 22.3 Å². The number of benzene rings is 2. The van der Waals surface area contributed by atoms with Crippen LogP contribution < -0.4 is 14.4 Å². The maximum absolute atomic E-state index is 13.0. The number of ether oxygens (including phenoxy) is 3. The van der Waals surface area contributed by atoms with Crippen LogP contribution in [0.2, 0.25) is 5.02 Å². The summed E-state index contributed by atoms with van der Waals surface area (Å²) in [6.07, 6.45) is 0. The fraction of sp³-hybridized carbons (Fsp3) is 0.350. The molecule has 3 rings (SSSR count). The van der Waals surface area contributed by atoms with Crippen molar-refractivity contribution in [1.82, 2.24) is 4.31 Å². The van der Waals surface area contributed by atoms with Gasteiger partial charge in [0, 0.05) is 26.2 Å². The molecule has 10 heteroatoms. The molecule has 1 aliphatic rings. The predicted octanol–water partition coefficient (Wildman–Crippen LogP) is 2.41. The van der Waals surface area contributed by atoms with Gasteiger partial charge in [0.25, 0.3) is 0 Å². The zero-order valence-electron chi connectivity index (χ0n) is 16.7. The van der Waals surface area contributed by atoms with Crippen molar-refractivity contribution in [3.63, 3.8) is 0 Å². The molecule has 0 bridgehead atoms. The molecule has 0 aliphatic carbocycles. The van der Waals surface area contributed by atoms with Crippen LogP contribution in [-0.4, -0.2) is 65.7 Å². The van der Waals surface area contributed by atoms with E-state index in [1.165, 1.54) is 29.6 Å². The Labute approximate surface area is 180 Å². The van der Waals surface area contributed by atoms with Gasteiger partial charge in [-0.05, 0) is 30.3 Å². The van der Waals surface area contributed by atoms with Crippen LogP contribution in [0.1, 0.15) is 0 Å². The maximum atomic E-state index is 13.0. The van der Waals surface area contributed by atoms with Gasteiger partial charge in [0.1, 0.15) is 11.5 Å². The molecule has 1 saturated heterocycles. The number of methoxy groups -OCH3 is 2. The smallest absolute Gasteiger partial charge is 0.343 e. The number of nitrogens with zero attached hydrogens (tertiary/aromatic N) is 2. The summed E-state index contributed by atoms with van der Waals surface area (Å²) in [5, 5.41) is 0.104. The summed E-state index contributed by atoms with van der Waals surface area (Å²) >= 11 is 6.16. The van der Waals surface area contributed by atoms with E-state index in [1.54, 1.807) is 7.11 Å². The zero-order valence-corrected chi connectivity index (χ0v) is 18.3.